The number of likely N-dealkylation sites (tertiary alicyclic amines) is 1. The highest BCUT2D eigenvalue weighted by molar-refractivity contribution is 7.18. The fourth-order valence-electron chi connectivity index (χ4n) is 3.89. The Balaban J connectivity index is 1.25. The van der Waals surface area contributed by atoms with Crippen LogP contribution in [-0.4, -0.2) is 41.5 Å². The van der Waals surface area contributed by atoms with E-state index in [1.165, 1.54) is 21.8 Å². The van der Waals surface area contributed by atoms with Gasteiger partial charge < -0.3 is 5.32 Å². The van der Waals surface area contributed by atoms with Crippen molar-refractivity contribution in [2.45, 2.75) is 38.1 Å². The van der Waals surface area contributed by atoms with E-state index in [2.05, 4.69) is 28.4 Å². The normalized spacial score (nSPS) is 16.8. The smallest absolute Gasteiger partial charge is 0.237 e. The third kappa shape index (κ3) is 4.82. The maximum atomic E-state index is 13.0. The number of rotatable bonds is 6. The fourth-order valence-corrected chi connectivity index (χ4v) is 5.03. The lowest BCUT2D eigenvalue weighted by molar-refractivity contribution is -0.126. The number of thiazole rings is 1. The third-order valence-electron chi connectivity index (χ3n) is 5.74. The van der Waals surface area contributed by atoms with Gasteiger partial charge in [-0.3, -0.25) is 9.69 Å². The lowest BCUT2D eigenvalue weighted by atomic mass is 9.96. The molecule has 0 radical (unpaired) electrons. The number of hydrogen-bond donors (Lipinski definition) is 1. The monoisotopic (exact) mass is 411 g/mol. The van der Waals surface area contributed by atoms with Gasteiger partial charge in [-0.05, 0) is 69.1 Å². The van der Waals surface area contributed by atoms with Gasteiger partial charge in [-0.15, -0.1) is 11.3 Å². The molecule has 1 fully saturated rings. The molecule has 0 aliphatic carbocycles. The third-order valence-corrected chi connectivity index (χ3v) is 6.94. The van der Waals surface area contributed by atoms with Crippen LogP contribution in [0.15, 0.2) is 48.5 Å². The number of para-hydroxylation sites is 1. The summed E-state index contributed by atoms with van der Waals surface area (Å²) in [5, 5.41) is 4.24. The van der Waals surface area contributed by atoms with Crippen LogP contribution in [0.3, 0.4) is 0 Å². The van der Waals surface area contributed by atoms with Crippen LogP contribution in [0.2, 0.25) is 0 Å². The highest BCUT2D eigenvalue weighted by Crippen LogP contribution is 2.34. The minimum Gasteiger partial charge on any atom is -0.354 e. The molecule has 2 heterocycles. The van der Waals surface area contributed by atoms with Gasteiger partial charge in [0.1, 0.15) is 5.82 Å². The zero-order valence-electron chi connectivity index (χ0n) is 16.6. The summed E-state index contributed by atoms with van der Waals surface area (Å²) >= 11 is 1.80. The first-order valence-electron chi connectivity index (χ1n) is 10.2. The average molecular weight is 412 g/mol. The quantitative estimate of drug-likeness (QED) is 0.655. The van der Waals surface area contributed by atoms with Crippen LogP contribution >= 0.6 is 11.3 Å². The Kier molecular flexibility index (Phi) is 6.21. The molecule has 4 rings (SSSR count). The molecule has 4 nitrogen and oxygen atoms in total. The summed E-state index contributed by atoms with van der Waals surface area (Å²) in [7, 11) is 0. The zero-order chi connectivity index (χ0) is 20.2. The molecule has 0 unspecified atom stereocenters. The largest absolute Gasteiger partial charge is 0.354 e. The van der Waals surface area contributed by atoms with Crippen molar-refractivity contribution in [2.75, 3.05) is 19.6 Å². The predicted octanol–water partition coefficient (Wildman–Crippen LogP) is 4.36. The van der Waals surface area contributed by atoms with E-state index in [4.69, 9.17) is 4.98 Å². The average Bonchev–Trinajstić information content (AvgIpc) is 3.19. The van der Waals surface area contributed by atoms with Crippen molar-refractivity contribution in [3.8, 4) is 0 Å². The molecule has 0 spiro atoms. The molecule has 29 heavy (non-hydrogen) atoms. The van der Waals surface area contributed by atoms with Crippen molar-refractivity contribution < 1.29 is 9.18 Å². The molecule has 152 valence electrons. The van der Waals surface area contributed by atoms with Crippen molar-refractivity contribution in [1.29, 1.82) is 0 Å². The maximum absolute atomic E-state index is 13.0. The minimum absolute atomic E-state index is 0.0607. The summed E-state index contributed by atoms with van der Waals surface area (Å²) in [6.07, 6.45) is 2.78. The van der Waals surface area contributed by atoms with E-state index in [9.17, 15) is 9.18 Å². The summed E-state index contributed by atoms with van der Waals surface area (Å²) in [5.74, 6) is 0.309. The Morgan fingerprint density at radius 1 is 1.21 bits per heavy atom. The molecule has 3 aromatic rings. The molecule has 1 aliphatic heterocycles. The van der Waals surface area contributed by atoms with Gasteiger partial charge in [-0.25, -0.2) is 9.37 Å². The fraction of sp³-hybridized carbons (Fsp3) is 0.391. The molecule has 1 aliphatic rings. The van der Waals surface area contributed by atoms with E-state index >= 15 is 0 Å². The van der Waals surface area contributed by atoms with Crippen LogP contribution < -0.4 is 5.32 Å². The van der Waals surface area contributed by atoms with E-state index in [-0.39, 0.29) is 17.8 Å². The number of carbonyl (C=O) groups is 1. The van der Waals surface area contributed by atoms with E-state index in [1.54, 1.807) is 23.5 Å². The summed E-state index contributed by atoms with van der Waals surface area (Å²) in [4.78, 5) is 19.6. The highest BCUT2D eigenvalue weighted by atomic mass is 32.1. The lowest BCUT2D eigenvalue weighted by Gasteiger charge is -2.34. The molecule has 0 saturated carbocycles. The van der Waals surface area contributed by atoms with Crippen molar-refractivity contribution >= 4 is 27.5 Å². The number of aromatic nitrogens is 1. The van der Waals surface area contributed by atoms with Crippen LogP contribution in [0.25, 0.3) is 10.2 Å². The molecular weight excluding hydrogens is 385 g/mol. The van der Waals surface area contributed by atoms with Crippen LogP contribution in [0, 0.1) is 5.82 Å². The number of carbonyl (C=O) groups excluding carboxylic acids is 1. The van der Waals surface area contributed by atoms with Crippen molar-refractivity contribution in [3.63, 3.8) is 0 Å². The SMILES string of the molecule is C[C@H](C(=O)NCCc1ccc(F)cc1)N1CCC(c2nc3ccccc3s2)CC1. The van der Waals surface area contributed by atoms with E-state index < -0.39 is 0 Å². The molecule has 1 saturated heterocycles. The minimum atomic E-state index is -0.236. The van der Waals surface area contributed by atoms with E-state index in [0.29, 0.717) is 18.9 Å². The van der Waals surface area contributed by atoms with Gasteiger partial charge in [0.25, 0.3) is 0 Å². The van der Waals surface area contributed by atoms with Gasteiger partial charge in [0.05, 0.1) is 21.3 Å². The summed E-state index contributed by atoms with van der Waals surface area (Å²) < 4.78 is 14.2. The van der Waals surface area contributed by atoms with Crippen LogP contribution in [0.5, 0.6) is 0 Å². The Morgan fingerprint density at radius 2 is 1.93 bits per heavy atom. The number of nitrogens with zero attached hydrogens (tertiary/aromatic N) is 2. The highest BCUT2D eigenvalue weighted by Gasteiger charge is 2.28. The van der Waals surface area contributed by atoms with E-state index in [1.807, 2.05) is 13.0 Å². The van der Waals surface area contributed by atoms with Crippen LogP contribution in [-0.2, 0) is 11.2 Å². The van der Waals surface area contributed by atoms with Gasteiger partial charge in [-0.1, -0.05) is 24.3 Å². The zero-order valence-corrected chi connectivity index (χ0v) is 17.4. The number of benzene rings is 2. The number of nitrogens with one attached hydrogen (secondary N) is 1. The molecule has 0 bridgehead atoms. The second-order valence-corrected chi connectivity index (χ2v) is 8.74. The standard InChI is InChI=1S/C23H26FN3OS/c1-16(22(28)25-13-10-17-6-8-19(24)9-7-17)27-14-11-18(12-15-27)23-26-20-4-2-3-5-21(20)29-23/h2-9,16,18H,10-15H2,1H3,(H,25,28)/t16-/m1/s1. The molecule has 1 N–H and O–H groups in total. The second-order valence-electron chi connectivity index (χ2n) is 7.67. The summed E-state index contributed by atoms with van der Waals surface area (Å²) in [6, 6.07) is 14.6. The van der Waals surface area contributed by atoms with Crippen molar-refractivity contribution in [1.82, 2.24) is 15.2 Å². The summed E-state index contributed by atoms with van der Waals surface area (Å²) in [5.41, 5.74) is 2.11. The molecule has 2 aromatic carbocycles. The molecular formula is C23H26FN3OS. The first-order valence-corrected chi connectivity index (χ1v) is 11.0. The first kappa shape index (κ1) is 20.0. The Morgan fingerprint density at radius 3 is 2.66 bits per heavy atom. The number of halogens is 1. The first-order chi connectivity index (χ1) is 14.1. The number of fused-ring (bicyclic) bond motifs is 1. The Hall–Kier alpha value is -2.31. The molecule has 1 atom stereocenters. The number of hydrogen-bond acceptors (Lipinski definition) is 4. The van der Waals surface area contributed by atoms with Gasteiger partial charge in [0.2, 0.25) is 5.91 Å². The lowest BCUT2D eigenvalue weighted by Crippen LogP contribution is -2.48. The molecule has 6 heteroatoms. The molecule has 1 amide bonds. The Labute approximate surface area is 174 Å². The van der Waals surface area contributed by atoms with Crippen molar-refractivity contribution in [3.05, 3.63) is 64.9 Å². The van der Waals surface area contributed by atoms with Gasteiger partial charge in [-0.2, -0.15) is 0 Å². The number of piperidine rings is 1. The topological polar surface area (TPSA) is 45.2 Å². The molecule has 1 aromatic heterocycles. The van der Waals surface area contributed by atoms with E-state index in [0.717, 1.165) is 37.0 Å². The van der Waals surface area contributed by atoms with Gasteiger partial charge >= 0.3 is 0 Å². The second kappa shape index (κ2) is 9.01. The van der Waals surface area contributed by atoms with Gasteiger partial charge in [0, 0.05) is 12.5 Å². The van der Waals surface area contributed by atoms with Gasteiger partial charge in [0.15, 0.2) is 0 Å². The predicted molar refractivity (Wildman–Crippen MR) is 116 cm³/mol. The maximum Gasteiger partial charge on any atom is 0.237 e. The summed E-state index contributed by atoms with van der Waals surface area (Å²) in [6.45, 7) is 4.36. The van der Waals surface area contributed by atoms with Crippen molar-refractivity contribution in [2.24, 2.45) is 0 Å². The Bertz CT molecular complexity index is 931. The van der Waals surface area contributed by atoms with Crippen LogP contribution in [0.1, 0.15) is 36.3 Å². The van der Waals surface area contributed by atoms with Crippen LogP contribution in [0.4, 0.5) is 4.39 Å². The number of amides is 1.